The summed E-state index contributed by atoms with van der Waals surface area (Å²) in [5.74, 6) is -0.587. The molecule has 8 heteroatoms. The maximum atomic E-state index is 12.1. The highest BCUT2D eigenvalue weighted by Crippen LogP contribution is 2.29. The highest BCUT2D eigenvalue weighted by Gasteiger charge is 2.32. The molecular weight excluding hydrogens is 482 g/mol. The minimum absolute atomic E-state index is 0.00405. The Morgan fingerprint density at radius 1 is 1.03 bits per heavy atom. The van der Waals surface area contributed by atoms with Crippen LogP contribution in [-0.2, 0) is 14.3 Å². The number of rotatable bonds is 20. The SMILES string of the molecule is CCCCCCCCCCCCCCCC(=O)OCC[N+](C)(C)C[C@@H]1CCC(n2cc(C)c([O-])nc2=O)O1. The zero-order valence-corrected chi connectivity index (χ0v) is 24.5. The molecule has 1 aliphatic heterocycles. The first-order chi connectivity index (χ1) is 18.2. The van der Waals surface area contributed by atoms with E-state index < -0.39 is 17.8 Å². The molecule has 0 spiro atoms. The van der Waals surface area contributed by atoms with Gasteiger partial charge < -0.3 is 19.1 Å². The van der Waals surface area contributed by atoms with Crippen LogP contribution in [0.5, 0.6) is 5.88 Å². The van der Waals surface area contributed by atoms with E-state index in [-0.39, 0.29) is 12.1 Å². The molecule has 1 aliphatic rings. The average molecular weight is 536 g/mol. The highest BCUT2D eigenvalue weighted by atomic mass is 16.5. The Morgan fingerprint density at radius 2 is 1.61 bits per heavy atom. The van der Waals surface area contributed by atoms with Crippen LogP contribution in [0.25, 0.3) is 0 Å². The predicted molar refractivity (Wildman–Crippen MR) is 149 cm³/mol. The Balaban J connectivity index is 1.50. The lowest BCUT2D eigenvalue weighted by Crippen LogP contribution is -2.47. The standard InChI is InChI=1S/C30H53N3O5/c1-5-6-7-8-9-10-11-12-13-14-15-16-17-18-28(34)37-22-21-33(3,4)24-26-19-20-27(38-26)32-23-25(2)29(35)31-30(32)36/h23,26-27H,5-22,24H2,1-4H3/t26-,27?/m0/s1. The van der Waals surface area contributed by atoms with Gasteiger partial charge in [0, 0.05) is 12.6 Å². The summed E-state index contributed by atoms with van der Waals surface area (Å²) in [6.45, 7) is 5.78. The number of carbonyl (C=O) groups excluding carboxylic acids is 1. The van der Waals surface area contributed by atoms with Crippen LogP contribution < -0.4 is 10.8 Å². The maximum Gasteiger partial charge on any atom is 0.349 e. The zero-order valence-electron chi connectivity index (χ0n) is 24.5. The number of ether oxygens (including phenoxy) is 2. The molecule has 2 heterocycles. The van der Waals surface area contributed by atoms with Crippen LogP contribution in [0.3, 0.4) is 0 Å². The van der Waals surface area contributed by atoms with Crippen molar-refractivity contribution in [3.8, 4) is 5.88 Å². The van der Waals surface area contributed by atoms with Crippen LogP contribution in [0.2, 0.25) is 0 Å². The number of likely N-dealkylation sites (N-methyl/N-ethyl adjacent to an activating group) is 1. The zero-order chi connectivity index (χ0) is 27.8. The third-order valence-electron chi connectivity index (χ3n) is 7.63. The Morgan fingerprint density at radius 3 is 2.21 bits per heavy atom. The number of nitrogens with zero attached hydrogens (tertiary/aromatic N) is 3. The van der Waals surface area contributed by atoms with Gasteiger partial charge in [0.1, 0.15) is 32.0 Å². The van der Waals surface area contributed by atoms with Crippen molar-refractivity contribution in [1.29, 1.82) is 0 Å². The Kier molecular flexibility index (Phi) is 15.0. The Labute approximate surface area is 230 Å². The quantitative estimate of drug-likeness (QED) is 0.126. The fraction of sp³-hybridized carbons (Fsp3) is 0.833. The number of aromatic nitrogens is 2. The van der Waals surface area contributed by atoms with E-state index in [9.17, 15) is 14.7 Å². The summed E-state index contributed by atoms with van der Waals surface area (Å²) in [7, 11) is 4.20. The second-order valence-corrected chi connectivity index (χ2v) is 11.8. The smallest absolute Gasteiger partial charge is 0.349 e. The van der Waals surface area contributed by atoms with Crippen molar-refractivity contribution in [2.24, 2.45) is 0 Å². The lowest BCUT2D eigenvalue weighted by molar-refractivity contribution is -0.893. The molecule has 0 aromatic carbocycles. The van der Waals surface area contributed by atoms with Gasteiger partial charge in [-0.2, -0.15) is 0 Å². The van der Waals surface area contributed by atoms with Gasteiger partial charge in [-0.1, -0.05) is 84.0 Å². The Hall–Kier alpha value is -1.93. The number of unbranched alkanes of at least 4 members (excludes halogenated alkanes) is 12. The van der Waals surface area contributed by atoms with Crippen LogP contribution in [0.15, 0.2) is 11.0 Å². The molecule has 0 amide bonds. The molecule has 1 unspecified atom stereocenters. The molecule has 2 rings (SSSR count). The largest absolute Gasteiger partial charge is 0.858 e. The number of quaternary nitrogens is 1. The van der Waals surface area contributed by atoms with Crippen molar-refractivity contribution in [1.82, 2.24) is 9.55 Å². The first-order valence-electron chi connectivity index (χ1n) is 15.1. The fourth-order valence-electron chi connectivity index (χ4n) is 5.19. The minimum atomic E-state index is -0.560. The van der Waals surface area contributed by atoms with Crippen molar-refractivity contribution in [2.75, 3.05) is 33.8 Å². The topological polar surface area (TPSA) is 93.5 Å². The van der Waals surface area contributed by atoms with E-state index in [1.54, 1.807) is 13.1 Å². The van der Waals surface area contributed by atoms with Gasteiger partial charge in [-0.15, -0.1) is 0 Å². The van der Waals surface area contributed by atoms with Crippen molar-refractivity contribution >= 4 is 5.97 Å². The van der Waals surface area contributed by atoms with E-state index in [4.69, 9.17) is 9.47 Å². The van der Waals surface area contributed by atoms with E-state index in [1.807, 2.05) is 0 Å². The van der Waals surface area contributed by atoms with Gasteiger partial charge in [-0.25, -0.2) is 9.78 Å². The molecule has 2 atom stereocenters. The van der Waals surface area contributed by atoms with Crippen LogP contribution >= 0.6 is 0 Å². The van der Waals surface area contributed by atoms with E-state index >= 15 is 0 Å². The molecule has 0 N–H and O–H groups in total. The second kappa shape index (κ2) is 17.6. The summed E-state index contributed by atoms with van der Waals surface area (Å²) in [6.07, 6.45) is 20.0. The summed E-state index contributed by atoms with van der Waals surface area (Å²) in [5.41, 5.74) is -0.121. The number of hydrogen-bond acceptors (Lipinski definition) is 6. The van der Waals surface area contributed by atoms with Crippen molar-refractivity contribution in [3.05, 3.63) is 22.2 Å². The van der Waals surface area contributed by atoms with Gasteiger partial charge in [-0.3, -0.25) is 9.36 Å². The fourth-order valence-corrected chi connectivity index (χ4v) is 5.19. The predicted octanol–water partition coefficient (Wildman–Crippen LogP) is 5.40. The van der Waals surface area contributed by atoms with Gasteiger partial charge in [0.2, 0.25) is 0 Å². The molecule has 218 valence electrons. The van der Waals surface area contributed by atoms with E-state index in [2.05, 4.69) is 26.0 Å². The van der Waals surface area contributed by atoms with Crippen molar-refractivity contribution in [2.45, 2.75) is 129 Å². The normalized spacial score (nSPS) is 17.7. The van der Waals surface area contributed by atoms with Crippen LogP contribution in [-0.4, -0.2) is 59.9 Å². The van der Waals surface area contributed by atoms with Crippen LogP contribution in [0.4, 0.5) is 0 Å². The molecule has 0 radical (unpaired) electrons. The van der Waals surface area contributed by atoms with Gasteiger partial charge in [0.15, 0.2) is 0 Å². The minimum Gasteiger partial charge on any atom is -0.858 e. The lowest BCUT2D eigenvalue weighted by atomic mass is 10.0. The third kappa shape index (κ3) is 12.7. The van der Waals surface area contributed by atoms with Crippen LogP contribution in [0, 0.1) is 6.92 Å². The molecule has 1 fully saturated rings. The maximum absolute atomic E-state index is 12.1. The summed E-state index contributed by atoms with van der Waals surface area (Å²) >= 11 is 0. The van der Waals surface area contributed by atoms with Gasteiger partial charge in [0.05, 0.1) is 14.1 Å². The molecular formula is C30H53N3O5. The summed E-state index contributed by atoms with van der Waals surface area (Å²) < 4.78 is 13.7. The number of aryl methyl sites for hydroxylation is 1. The summed E-state index contributed by atoms with van der Waals surface area (Å²) in [6, 6.07) is 0. The first kappa shape index (κ1) is 32.3. The highest BCUT2D eigenvalue weighted by molar-refractivity contribution is 5.69. The van der Waals surface area contributed by atoms with Crippen molar-refractivity contribution in [3.63, 3.8) is 0 Å². The lowest BCUT2D eigenvalue weighted by Gasteiger charge is -2.32. The van der Waals surface area contributed by atoms with Crippen LogP contribution in [0.1, 0.15) is 121 Å². The van der Waals surface area contributed by atoms with Crippen molar-refractivity contribution < 1.29 is 23.9 Å². The van der Waals surface area contributed by atoms with E-state index in [0.29, 0.717) is 36.0 Å². The molecule has 38 heavy (non-hydrogen) atoms. The van der Waals surface area contributed by atoms with E-state index in [1.165, 1.54) is 75.2 Å². The van der Waals surface area contributed by atoms with E-state index in [0.717, 1.165) is 25.8 Å². The first-order valence-corrected chi connectivity index (χ1v) is 15.1. The molecule has 1 saturated heterocycles. The third-order valence-corrected chi connectivity index (χ3v) is 7.63. The Bertz CT molecular complexity index is 870. The molecule has 0 bridgehead atoms. The summed E-state index contributed by atoms with van der Waals surface area (Å²) in [4.78, 5) is 27.8. The second-order valence-electron chi connectivity index (χ2n) is 11.8. The summed E-state index contributed by atoms with van der Waals surface area (Å²) in [5, 5.41) is 11.6. The monoisotopic (exact) mass is 535 g/mol. The number of esters is 1. The average Bonchev–Trinajstić information content (AvgIpc) is 3.31. The van der Waals surface area contributed by atoms with Gasteiger partial charge in [-0.05, 0) is 37.6 Å². The number of hydrogen-bond donors (Lipinski definition) is 0. The molecule has 0 saturated carbocycles. The van der Waals surface area contributed by atoms with Gasteiger partial charge in [0.25, 0.3) is 0 Å². The molecule has 8 nitrogen and oxygen atoms in total. The molecule has 1 aromatic rings. The van der Waals surface area contributed by atoms with Gasteiger partial charge >= 0.3 is 11.7 Å². The molecule has 0 aliphatic carbocycles. The molecule has 1 aromatic heterocycles. The number of carbonyl (C=O) groups is 1.